The highest BCUT2D eigenvalue weighted by Gasteiger charge is 2.03. The summed E-state index contributed by atoms with van der Waals surface area (Å²) in [6.07, 6.45) is 2.54. The first kappa shape index (κ1) is 17.2. The zero-order chi connectivity index (χ0) is 13.1. The van der Waals surface area contributed by atoms with E-state index in [1.54, 1.807) is 6.08 Å². The summed E-state index contributed by atoms with van der Waals surface area (Å²) in [5, 5.41) is 9.64. The van der Waals surface area contributed by atoms with Gasteiger partial charge in [-0.1, -0.05) is 53.3 Å². The Morgan fingerprint density at radius 2 is 1.69 bits per heavy atom. The van der Waals surface area contributed by atoms with Gasteiger partial charge in [0.25, 0.3) is 0 Å². The summed E-state index contributed by atoms with van der Waals surface area (Å²) in [6, 6.07) is 3.93. The fraction of sp³-hybridized carbons (Fsp3) is 0.467. The van der Waals surface area contributed by atoms with Crippen molar-refractivity contribution in [2.75, 3.05) is 0 Å². The van der Waals surface area contributed by atoms with Gasteiger partial charge >= 0.3 is 0 Å². The molecule has 0 saturated carbocycles. The van der Waals surface area contributed by atoms with Crippen molar-refractivity contribution in [1.82, 2.24) is 0 Å². The van der Waals surface area contributed by atoms with Gasteiger partial charge in [0.15, 0.2) is 0 Å². The summed E-state index contributed by atoms with van der Waals surface area (Å²) in [6.45, 7) is 15.7. The maximum Gasteiger partial charge on any atom is 0.125 e. The molecule has 0 saturated heterocycles. The molecular formula is C15H26O. The van der Waals surface area contributed by atoms with E-state index in [-0.39, 0.29) is 0 Å². The predicted molar refractivity (Wildman–Crippen MR) is 75.0 cm³/mol. The van der Waals surface area contributed by atoms with E-state index in [0.29, 0.717) is 5.75 Å². The topological polar surface area (TPSA) is 20.2 Å². The number of phenols is 1. The maximum absolute atomic E-state index is 9.64. The van der Waals surface area contributed by atoms with Gasteiger partial charge in [-0.3, -0.25) is 0 Å². The first-order chi connectivity index (χ1) is 7.69. The summed E-state index contributed by atoms with van der Waals surface area (Å²) in [5.41, 5.74) is 2.98. The van der Waals surface area contributed by atoms with Crippen molar-refractivity contribution in [1.29, 1.82) is 0 Å². The van der Waals surface area contributed by atoms with Gasteiger partial charge in [0.2, 0.25) is 0 Å². The fourth-order valence-electron chi connectivity index (χ4n) is 1.31. The zero-order valence-electron chi connectivity index (χ0n) is 11.6. The van der Waals surface area contributed by atoms with Crippen LogP contribution in [0.5, 0.6) is 5.75 Å². The average molecular weight is 222 g/mol. The molecule has 0 aliphatic heterocycles. The maximum atomic E-state index is 9.64. The minimum absolute atomic E-state index is 0.373. The second kappa shape index (κ2) is 10.3. The van der Waals surface area contributed by atoms with E-state index in [1.807, 2.05) is 53.7 Å². The van der Waals surface area contributed by atoms with Gasteiger partial charge in [-0.15, -0.1) is 0 Å². The number of aryl methyl sites for hydroxylation is 2. The Bertz CT molecular complexity index is 301. The second-order valence-corrected chi connectivity index (χ2v) is 2.92. The van der Waals surface area contributed by atoms with Gasteiger partial charge < -0.3 is 5.11 Å². The van der Waals surface area contributed by atoms with E-state index in [1.165, 1.54) is 5.56 Å². The molecule has 1 N–H and O–H groups in total. The standard InChI is InChI=1S/C11H14O.2C2H6/c1-4-9-6-8(3)7-10(5-2)11(9)12;2*1-2/h4,6-7,12H,1,5H2,2-3H3;2*1-2H3. The molecule has 0 amide bonds. The van der Waals surface area contributed by atoms with Crippen LogP contribution >= 0.6 is 0 Å². The summed E-state index contributed by atoms with van der Waals surface area (Å²) in [7, 11) is 0. The highest BCUT2D eigenvalue weighted by atomic mass is 16.3. The van der Waals surface area contributed by atoms with Crippen LogP contribution in [0.25, 0.3) is 6.08 Å². The lowest BCUT2D eigenvalue weighted by Gasteiger charge is -2.06. The molecule has 0 fully saturated rings. The Morgan fingerprint density at radius 3 is 2.06 bits per heavy atom. The largest absolute Gasteiger partial charge is 0.507 e. The summed E-state index contributed by atoms with van der Waals surface area (Å²) < 4.78 is 0. The Morgan fingerprint density at radius 1 is 1.19 bits per heavy atom. The van der Waals surface area contributed by atoms with E-state index in [0.717, 1.165) is 17.5 Å². The number of rotatable bonds is 2. The van der Waals surface area contributed by atoms with Crippen molar-refractivity contribution in [2.24, 2.45) is 0 Å². The van der Waals surface area contributed by atoms with Gasteiger partial charge in [-0.25, -0.2) is 0 Å². The molecule has 0 heterocycles. The normalized spacial score (nSPS) is 8.12. The minimum Gasteiger partial charge on any atom is -0.507 e. The monoisotopic (exact) mass is 222 g/mol. The Kier molecular flexibility index (Phi) is 11.0. The van der Waals surface area contributed by atoms with Crippen molar-refractivity contribution in [2.45, 2.75) is 48.0 Å². The van der Waals surface area contributed by atoms with Crippen molar-refractivity contribution >= 4 is 6.08 Å². The van der Waals surface area contributed by atoms with Crippen LogP contribution in [0.1, 0.15) is 51.3 Å². The summed E-state index contributed by atoms with van der Waals surface area (Å²) >= 11 is 0. The van der Waals surface area contributed by atoms with Crippen LogP contribution < -0.4 is 0 Å². The lowest BCUT2D eigenvalue weighted by molar-refractivity contribution is 0.467. The summed E-state index contributed by atoms with van der Waals surface area (Å²) in [4.78, 5) is 0. The van der Waals surface area contributed by atoms with Crippen LogP contribution in [-0.4, -0.2) is 5.11 Å². The smallest absolute Gasteiger partial charge is 0.125 e. The van der Waals surface area contributed by atoms with E-state index in [9.17, 15) is 5.11 Å². The Labute approximate surface area is 101 Å². The van der Waals surface area contributed by atoms with Crippen LogP contribution in [0.3, 0.4) is 0 Å². The van der Waals surface area contributed by atoms with Gasteiger partial charge in [0.1, 0.15) is 5.75 Å². The van der Waals surface area contributed by atoms with Crippen LogP contribution in [0.2, 0.25) is 0 Å². The number of aromatic hydroxyl groups is 1. The fourth-order valence-corrected chi connectivity index (χ4v) is 1.31. The first-order valence-electron chi connectivity index (χ1n) is 6.14. The van der Waals surface area contributed by atoms with Gasteiger partial charge in [-0.2, -0.15) is 0 Å². The molecule has 0 radical (unpaired) electrons. The molecule has 0 bridgehead atoms. The van der Waals surface area contributed by atoms with Gasteiger partial charge in [0.05, 0.1) is 0 Å². The lowest BCUT2D eigenvalue weighted by atomic mass is 10.0. The second-order valence-electron chi connectivity index (χ2n) is 2.92. The molecule has 1 aromatic carbocycles. The molecule has 0 aromatic heterocycles. The molecule has 0 aliphatic carbocycles. The molecule has 1 rings (SSSR count). The van der Waals surface area contributed by atoms with Crippen LogP contribution in [0, 0.1) is 6.92 Å². The van der Waals surface area contributed by atoms with E-state index in [2.05, 4.69) is 6.58 Å². The van der Waals surface area contributed by atoms with Crippen LogP contribution in [0.15, 0.2) is 18.7 Å². The predicted octanol–water partition coefficient (Wildman–Crippen LogP) is 4.96. The van der Waals surface area contributed by atoms with Crippen molar-refractivity contribution in [3.05, 3.63) is 35.4 Å². The quantitative estimate of drug-likeness (QED) is 0.750. The molecule has 1 aromatic rings. The highest BCUT2D eigenvalue weighted by molar-refractivity contribution is 5.59. The number of hydrogen-bond donors (Lipinski definition) is 1. The zero-order valence-corrected chi connectivity index (χ0v) is 11.6. The van der Waals surface area contributed by atoms with Crippen LogP contribution in [-0.2, 0) is 6.42 Å². The molecule has 0 unspecified atom stereocenters. The van der Waals surface area contributed by atoms with E-state index >= 15 is 0 Å². The third-order valence-corrected chi connectivity index (χ3v) is 1.96. The van der Waals surface area contributed by atoms with Crippen molar-refractivity contribution in [3.8, 4) is 5.75 Å². The average Bonchev–Trinajstić information content (AvgIpc) is 2.36. The van der Waals surface area contributed by atoms with E-state index in [4.69, 9.17) is 0 Å². The molecule has 92 valence electrons. The van der Waals surface area contributed by atoms with Crippen LogP contribution in [0.4, 0.5) is 0 Å². The summed E-state index contributed by atoms with van der Waals surface area (Å²) in [5.74, 6) is 0.373. The van der Waals surface area contributed by atoms with Crippen molar-refractivity contribution < 1.29 is 5.11 Å². The highest BCUT2D eigenvalue weighted by Crippen LogP contribution is 2.25. The molecule has 1 nitrogen and oxygen atoms in total. The minimum atomic E-state index is 0.373. The molecule has 0 spiro atoms. The molecule has 0 aliphatic rings. The SMILES string of the molecule is C=Cc1cc(C)cc(CC)c1O.CC.CC. The number of hydrogen-bond acceptors (Lipinski definition) is 1. The third-order valence-electron chi connectivity index (χ3n) is 1.96. The number of benzene rings is 1. The molecule has 16 heavy (non-hydrogen) atoms. The van der Waals surface area contributed by atoms with Crippen molar-refractivity contribution in [3.63, 3.8) is 0 Å². The Hall–Kier alpha value is -1.24. The molecular weight excluding hydrogens is 196 g/mol. The van der Waals surface area contributed by atoms with Gasteiger partial charge in [0, 0.05) is 5.56 Å². The first-order valence-corrected chi connectivity index (χ1v) is 6.14. The Balaban J connectivity index is 0. The molecule has 0 atom stereocenters. The van der Waals surface area contributed by atoms with Gasteiger partial charge in [-0.05, 0) is 30.5 Å². The lowest BCUT2D eigenvalue weighted by Crippen LogP contribution is -1.86. The van der Waals surface area contributed by atoms with E-state index < -0.39 is 0 Å². The number of phenolic OH excluding ortho intramolecular Hbond substituents is 1. The molecule has 1 heteroatoms. The third kappa shape index (κ3) is 5.01.